The molecule has 2 aliphatic rings. The van der Waals surface area contributed by atoms with Gasteiger partial charge < -0.3 is 10.6 Å². The van der Waals surface area contributed by atoms with Crippen molar-refractivity contribution in [2.75, 3.05) is 26.2 Å². The number of benzene rings is 1. The predicted molar refractivity (Wildman–Crippen MR) is 92.9 cm³/mol. The summed E-state index contributed by atoms with van der Waals surface area (Å²) in [6.07, 6.45) is 3.76. The monoisotopic (exact) mass is 351 g/mol. The predicted octanol–water partition coefficient (Wildman–Crippen LogP) is 2.69. The van der Waals surface area contributed by atoms with Crippen molar-refractivity contribution in [2.45, 2.75) is 44.7 Å². The molecular formula is C19H27F2N3O. The summed E-state index contributed by atoms with van der Waals surface area (Å²) in [6.45, 7) is 4.62. The second-order valence-electron chi connectivity index (χ2n) is 7.33. The molecule has 0 aromatic heterocycles. The number of hydrogen-bond donors (Lipinski definition) is 1. The summed E-state index contributed by atoms with van der Waals surface area (Å²) in [5.74, 6) is -0.797. The highest BCUT2D eigenvalue weighted by atomic mass is 19.1. The number of hydrogen-bond acceptors (Lipinski definition) is 3. The summed E-state index contributed by atoms with van der Waals surface area (Å²) in [5.41, 5.74) is 6.50. The Morgan fingerprint density at radius 1 is 1.20 bits per heavy atom. The molecule has 3 atom stereocenters. The molecule has 1 aliphatic heterocycles. The van der Waals surface area contributed by atoms with Crippen LogP contribution in [0.1, 0.15) is 44.2 Å². The molecule has 4 nitrogen and oxygen atoms in total. The number of carbonyl (C=O) groups excluding carboxylic acids is 1. The molecule has 25 heavy (non-hydrogen) atoms. The number of piperazine rings is 1. The molecule has 0 bridgehead atoms. The van der Waals surface area contributed by atoms with Gasteiger partial charge in [-0.05, 0) is 32.3 Å². The first kappa shape index (κ1) is 18.3. The first-order valence-electron chi connectivity index (χ1n) is 9.19. The Balaban J connectivity index is 1.57. The Labute approximate surface area is 148 Å². The van der Waals surface area contributed by atoms with Gasteiger partial charge in [-0.15, -0.1) is 0 Å². The van der Waals surface area contributed by atoms with Gasteiger partial charge in [0.15, 0.2) is 0 Å². The minimum atomic E-state index is -0.561. The van der Waals surface area contributed by atoms with Crippen LogP contribution in [-0.4, -0.2) is 47.9 Å². The molecule has 1 aromatic rings. The van der Waals surface area contributed by atoms with E-state index >= 15 is 0 Å². The summed E-state index contributed by atoms with van der Waals surface area (Å²) in [4.78, 5) is 16.8. The molecule has 138 valence electrons. The molecule has 2 N–H and O–H groups in total. The highest BCUT2D eigenvalue weighted by Gasteiger charge is 2.32. The van der Waals surface area contributed by atoms with Crippen LogP contribution in [0, 0.1) is 17.6 Å². The molecule has 1 amide bonds. The summed E-state index contributed by atoms with van der Waals surface area (Å²) in [6, 6.07) is 3.74. The van der Waals surface area contributed by atoms with Gasteiger partial charge in [0.05, 0.1) is 0 Å². The lowest BCUT2D eigenvalue weighted by Crippen LogP contribution is -2.51. The lowest BCUT2D eigenvalue weighted by atomic mass is 9.85. The van der Waals surface area contributed by atoms with Gasteiger partial charge in [0.2, 0.25) is 5.91 Å². The second-order valence-corrected chi connectivity index (χ2v) is 7.33. The van der Waals surface area contributed by atoms with Crippen molar-refractivity contribution < 1.29 is 13.6 Å². The largest absolute Gasteiger partial charge is 0.340 e. The molecule has 3 rings (SSSR count). The molecule has 2 fully saturated rings. The zero-order valence-electron chi connectivity index (χ0n) is 14.8. The Bertz CT molecular complexity index is 617. The smallest absolute Gasteiger partial charge is 0.225 e. The van der Waals surface area contributed by atoms with E-state index in [1.807, 2.05) is 11.8 Å². The zero-order valence-corrected chi connectivity index (χ0v) is 14.8. The minimum absolute atomic E-state index is 0.0577. The number of rotatable bonds is 3. The zero-order chi connectivity index (χ0) is 18.0. The Morgan fingerprint density at radius 2 is 1.92 bits per heavy atom. The lowest BCUT2D eigenvalue weighted by molar-refractivity contribution is -0.138. The molecule has 1 heterocycles. The number of carbonyl (C=O) groups is 1. The van der Waals surface area contributed by atoms with Crippen molar-refractivity contribution >= 4 is 5.91 Å². The molecule has 0 spiro atoms. The van der Waals surface area contributed by atoms with Crippen molar-refractivity contribution in [3.63, 3.8) is 0 Å². The van der Waals surface area contributed by atoms with Gasteiger partial charge in [0.25, 0.3) is 0 Å². The summed E-state index contributed by atoms with van der Waals surface area (Å²) in [7, 11) is 0. The van der Waals surface area contributed by atoms with Crippen molar-refractivity contribution in [1.29, 1.82) is 0 Å². The standard InChI is InChI=1S/C19H27F2N3O/c1-13(17-6-5-15(20)12-18(17)21)23-7-9-24(10-8-23)19(25)14-3-2-4-16(22)11-14/h5-6,12-14,16H,2-4,7-11,22H2,1H3. The topological polar surface area (TPSA) is 49.6 Å². The average Bonchev–Trinajstić information content (AvgIpc) is 2.61. The van der Waals surface area contributed by atoms with Gasteiger partial charge in [-0.3, -0.25) is 9.69 Å². The minimum Gasteiger partial charge on any atom is -0.340 e. The Kier molecular flexibility index (Phi) is 5.69. The number of amides is 1. The third-order valence-electron chi connectivity index (χ3n) is 5.65. The van der Waals surface area contributed by atoms with E-state index in [1.165, 1.54) is 12.1 Å². The lowest BCUT2D eigenvalue weighted by Gasteiger charge is -2.40. The van der Waals surface area contributed by atoms with Gasteiger partial charge in [0, 0.05) is 55.8 Å². The van der Waals surface area contributed by atoms with Crippen LogP contribution in [0.15, 0.2) is 18.2 Å². The third kappa shape index (κ3) is 4.18. The molecule has 1 saturated heterocycles. The van der Waals surface area contributed by atoms with Crippen molar-refractivity contribution in [1.82, 2.24) is 9.80 Å². The Hall–Kier alpha value is -1.53. The van der Waals surface area contributed by atoms with E-state index in [-0.39, 0.29) is 23.9 Å². The number of nitrogens with zero attached hydrogens (tertiary/aromatic N) is 2. The SMILES string of the molecule is CC(c1ccc(F)cc1F)N1CCN(C(=O)C2CCCC(N)C2)CC1. The quantitative estimate of drug-likeness (QED) is 0.911. The van der Waals surface area contributed by atoms with Crippen LogP contribution in [0.5, 0.6) is 0 Å². The molecule has 0 radical (unpaired) electrons. The van der Waals surface area contributed by atoms with Crippen LogP contribution in [0.4, 0.5) is 8.78 Å². The van der Waals surface area contributed by atoms with E-state index in [2.05, 4.69) is 4.90 Å². The molecular weight excluding hydrogens is 324 g/mol. The molecule has 6 heteroatoms. The van der Waals surface area contributed by atoms with Gasteiger partial charge in [0.1, 0.15) is 11.6 Å². The fourth-order valence-corrected chi connectivity index (χ4v) is 4.08. The summed E-state index contributed by atoms with van der Waals surface area (Å²) >= 11 is 0. The average molecular weight is 351 g/mol. The maximum Gasteiger partial charge on any atom is 0.225 e. The van der Waals surface area contributed by atoms with Gasteiger partial charge in [-0.2, -0.15) is 0 Å². The highest BCUT2D eigenvalue weighted by Crippen LogP contribution is 2.27. The molecule has 1 aliphatic carbocycles. The van der Waals surface area contributed by atoms with E-state index in [9.17, 15) is 13.6 Å². The van der Waals surface area contributed by atoms with Crippen molar-refractivity contribution in [3.8, 4) is 0 Å². The number of halogens is 2. The molecule has 1 aromatic carbocycles. The van der Waals surface area contributed by atoms with Crippen molar-refractivity contribution in [3.05, 3.63) is 35.4 Å². The van der Waals surface area contributed by atoms with Gasteiger partial charge in [-0.1, -0.05) is 12.5 Å². The second kappa shape index (κ2) is 7.79. The molecule has 1 saturated carbocycles. The first-order valence-corrected chi connectivity index (χ1v) is 9.19. The van der Waals surface area contributed by atoms with E-state index < -0.39 is 11.6 Å². The van der Waals surface area contributed by atoms with Crippen LogP contribution < -0.4 is 5.73 Å². The highest BCUT2D eigenvalue weighted by molar-refractivity contribution is 5.79. The maximum absolute atomic E-state index is 14.0. The summed E-state index contributed by atoms with van der Waals surface area (Å²) < 4.78 is 27.1. The van der Waals surface area contributed by atoms with Crippen LogP contribution >= 0.6 is 0 Å². The van der Waals surface area contributed by atoms with E-state index in [0.717, 1.165) is 31.7 Å². The molecule has 3 unspecified atom stereocenters. The van der Waals surface area contributed by atoms with Gasteiger partial charge >= 0.3 is 0 Å². The van der Waals surface area contributed by atoms with Crippen LogP contribution in [0.3, 0.4) is 0 Å². The van der Waals surface area contributed by atoms with Crippen molar-refractivity contribution in [2.24, 2.45) is 11.7 Å². The van der Waals surface area contributed by atoms with E-state index in [4.69, 9.17) is 5.73 Å². The fraction of sp³-hybridized carbons (Fsp3) is 0.632. The maximum atomic E-state index is 14.0. The van der Waals surface area contributed by atoms with Crippen LogP contribution in [0.2, 0.25) is 0 Å². The normalized spacial score (nSPS) is 26.5. The van der Waals surface area contributed by atoms with Crippen LogP contribution in [0.25, 0.3) is 0 Å². The fourth-order valence-electron chi connectivity index (χ4n) is 4.08. The Morgan fingerprint density at radius 3 is 2.56 bits per heavy atom. The van der Waals surface area contributed by atoms with Gasteiger partial charge in [-0.25, -0.2) is 8.78 Å². The number of nitrogens with two attached hydrogens (primary N) is 1. The van der Waals surface area contributed by atoms with E-state index in [0.29, 0.717) is 31.7 Å². The third-order valence-corrected chi connectivity index (χ3v) is 5.65. The summed E-state index contributed by atoms with van der Waals surface area (Å²) in [5, 5.41) is 0. The van der Waals surface area contributed by atoms with E-state index in [1.54, 1.807) is 0 Å². The first-order chi connectivity index (χ1) is 12.0. The van der Waals surface area contributed by atoms with Crippen LogP contribution in [-0.2, 0) is 4.79 Å².